The molecule has 0 saturated carbocycles. The Hall–Kier alpha value is -2.05. The summed E-state index contributed by atoms with van der Waals surface area (Å²) in [4.78, 5) is 25.6. The van der Waals surface area contributed by atoms with E-state index in [9.17, 15) is 22.8 Å². The summed E-state index contributed by atoms with van der Waals surface area (Å²) in [5.74, 6) is -0.557. The molecule has 1 atom stereocenters. The van der Waals surface area contributed by atoms with Crippen molar-refractivity contribution in [2.75, 3.05) is 13.1 Å². The van der Waals surface area contributed by atoms with Crippen LogP contribution >= 0.6 is 0 Å². The number of carbonyl (C=O) groups is 2. The van der Waals surface area contributed by atoms with Crippen molar-refractivity contribution in [1.29, 1.82) is 0 Å². The predicted octanol–water partition coefficient (Wildman–Crippen LogP) is 2.62. The summed E-state index contributed by atoms with van der Waals surface area (Å²) in [5.41, 5.74) is 0.0307. The van der Waals surface area contributed by atoms with E-state index in [1.54, 1.807) is 4.90 Å². The number of hydrogen-bond donors (Lipinski definition) is 1. The average Bonchev–Trinajstić information content (AvgIpc) is 2.89. The number of amides is 2. The summed E-state index contributed by atoms with van der Waals surface area (Å²) < 4.78 is 37.4. The third-order valence-electron chi connectivity index (χ3n) is 4.15. The van der Waals surface area contributed by atoms with Crippen LogP contribution < -0.4 is 5.32 Å². The Bertz CT molecular complexity index is 597. The molecule has 0 spiro atoms. The lowest BCUT2D eigenvalue weighted by Gasteiger charge is -2.20. The minimum atomic E-state index is -4.34. The average molecular weight is 342 g/mol. The monoisotopic (exact) mass is 342 g/mol. The van der Waals surface area contributed by atoms with Crippen molar-refractivity contribution in [3.8, 4) is 0 Å². The fraction of sp³-hybridized carbons (Fsp3) is 0.529. The molecule has 4 nitrogen and oxygen atoms in total. The summed E-state index contributed by atoms with van der Waals surface area (Å²) in [6, 6.07) is 4.96. The second-order valence-electron chi connectivity index (χ2n) is 6.28. The summed E-state index contributed by atoms with van der Waals surface area (Å²) in [7, 11) is 0. The lowest BCUT2D eigenvalue weighted by Crippen LogP contribution is -2.36. The van der Waals surface area contributed by atoms with Crippen LogP contribution in [-0.2, 0) is 22.2 Å². The molecule has 0 aromatic heterocycles. The fourth-order valence-electron chi connectivity index (χ4n) is 2.74. The lowest BCUT2D eigenvalue weighted by atomic mass is 10.1. The van der Waals surface area contributed by atoms with Gasteiger partial charge in [-0.15, -0.1) is 0 Å². The molecule has 1 saturated heterocycles. The molecule has 1 heterocycles. The van der Waals surface area contributed by atoms with E-state index < -0.39 is 11.7 Å². The molecule has 1 aromatic carbocycles. The standard InChI is InChI=1S/C17H21F3N2O2/c1-11(2)22-10-13(9-15(22)23)16(24)21-8-7-12-3-5-14(6-4-12)17(18,19)20/h3-6,11,13H,7-10H2,1-2H3,(H,21,24)/t13-/m1/s1. The maximum absolute atomic E-state index is 12.5. The van der Waals surface area contributed by atoms with Gasteiger partial charge in [0.1, 0.15) is 0 Å². The first kappa shape index (κ1) is 18.3. The Balaban J connectivity index is 1.80. The highest BCUT2D eigenvalue weighted by atomic mass is 19.4. The van der Waals surface area contributed by atoms with E-state index in [1.807, 2.05) is 13.8 Å². The maximum atomic E-state index is 12.5. The van der Waals surface area contributed by atoms with Crippen LogP contribution in [0.15, 0.2) is 24.3 Å². The highest BCUT2D eigenvalue weighted by Gasteiger charge is 2.35. The first-order valence-electron chi connectivity index (χ1n) is 7.92. The molecule has 132 valence electrons. The molecule has 1 aliphatic heterocycles. The third-order valence-corrected chi connectivity index (χ3v) is 4.15. The Morgan fingerprint density at radius 2 is 1.92 bits per heavy atom. The van der Waals surface area contributed by atoms with Crippen molar-refractivity contribution in [2.24, 2.45) is 5.92 Å². The number of likely N-dealkylation sites (tertiary alicyclic amines) is 1. The van der Waals surface area contributed by atoms with Crippen molar-refractivity contribution in [2.45, 2.75) is 38.9 Å². The Morgan fingerprint density at radius 1 is 1.29 bits per heavy atom. The Labute approximate surface area is 139 Å². The van der Waals surface area contributed by atoms with Crippen LogP contribution in [0.25, 0.3) is 0 Å². The molecule has 1 fully saturated rings. The van der Waals surface area contributed by atoms with E-state index in [1.165, 1.54) is 12.1 Å². The van der Waals surface area contributed by atoms with Crippen LogP contribution in [0.1, 0.15) is 31.4 Å². The van der Waals surface area contributed by atoms with Crippen LogP contribution in [0, 0.1) is 5.92 Å². The van der Waals surface area contributed by atoms with E-state index in [0.717, 1.165) is 17.7 Å². The number of carbonyl (C=O) groups excluding carboxylic acids is 2. The van der Waals surface area contributed by atoms with E-state index in [4.69, 9.17) is 0 Å². The second-order valence-corrected chi connectivity index (χ2v) is 6.28. The molecule has 7 heteroatoms. The largest absolute Gasteiger partial charge is 0.416 e. The Kier molecular flexibility index (Phi) is 5.51. The number of nitrogens with one attached hydrogen (secondary N) is 1. The topological polar surface area (TPSA) is 49.4 Å². The molecular weight excluding hydrogens is 321 g/mol. The van der Waals surface area contributed by atoms with E-state index in [2.05, 4.69) is 5.32 Å². The molecule has 24 heavy (non-hydrogen) atoms. The highest BCUT2D eigenvalue weighted by Crippen LogP contribution is 2.29. The molecule has 1 aromatic rings. The number of rotatable bonds is 5. The van der Waals surface area contributed by atoms with Gasteiger partial charge in [-0.25, -0.2) is 0 Å². The third kappa shape index (κ3) is 4.49. The van der Waals surface area contributed by atoms with Crippen LogP contribution in [0.5, 0.6) is 0 Å². The SMILES string of the molecule is CC(C)N1C[C@H](C(=O)NCCc2ccc(C(F)(F)F)cc2)CC1=O. The smallest absolute Gasteiger partial charge is 0.355 e. The van der Waals surface area contributed by atoms with Gasteiger partial charge in [0.25, 0.3) is 0 Å². The lowest BCUT2D eigenvalue weighted by molar-refractivity contribution is -0.137. The summed E-state index contributed by atoms with van der Waals surface area (Å²) in [5, 5.41) is 2.76. The summed E-state index contributed by atoms with van der Waals surface area (Å²) >= 11 is 0. The van der Waals surface area contributed by atoms with Gasteiger partial charge in [-0.1, -0.05) is 12.1 Å². The van der Waals surface area contributed by atoms with Crippen LogP contribution in [0.4, 0.5) is 13.2 Å². The Morgan fingerprint density at radius 3 is 2.42 bits per heavy atom. The number of benzene rings is 1. The van der Waals surface area contributed by atoms with Gasteiger partial charge >= 0.3 is 6.18 Å². The zero-order chi connectivity index (χ0) is 17.9. The summed E-state index contributed by atoms with van der Waals surface area (Å²) in [6.45, 7) is 4.56. The molecule has 0 bridgehead atoms. The number of halogens is 3. The molecule has 0 unspecified atom stereocenters. The van der Waals surface area contributed by atoms with Crippen LogP contribution in [0.3, 0.4) is 0 Å². The quantitative estimate of drug-likeness (QED) is 0.894. The first-order chi connectivity index (χ1) is 11.2. The van der Waals surface area contributed by atoms with Crippen LogP contribution in [-0.4, -0.2) is 35.8 Å². The fourth-order valence-corrected chi connectivity index (χ4v) is 2.74. The predicted molar refractivity (Wildman–Crippen MR) is 83.1 cm³/mol. The molecule has 1 N–H and O–H groups in total. The van der Waals surface area contributed by atoms with Crippen molar-refractivity contribution >= 4 is 11.8 Å². The summed E-state index contributed by atoms with van der Waals surface area (Å²) in [6.07, 6.45) is -3.69. The van der Waals surface area contributed by atoms with Gasteiger partial charge in [0.05, 0.1) is 11.5 Å². The maximum Gasteiger partial charge on any atom is 0.416 e. The van der Waals surface area contributed by atoms with Gasteiger partial charge in [-0.2, -0.15) is 13.2 Å². The molecular formula is C17H21F3N2O2. The van der Waals surface area contributed by atoms with Crippen molar-refractivity contribution < 1.29 is 22.8 Å². The normalized spacial score (nSPS) is 18.3. The van der Waals surface area contributed by atoms with E-state index >= 15 is 0 Å². The molecule has 2 amide bonds. The van der Waals surface area contributed by atoms with Gasteiger partial charge in [-0.3, -0.25) is 9.59 Å². The number of alkyl halides is 3. The molecule has 0 aliphatic carbocycles. The van der Waals surface area contributed by atoms with Gasteiger partial charge < -0.3 is 10.2 Å². The highest BCUT2D eigenvalue weighted by molar-refractivity contribution is 5.89. The molecule has 0 radical (unpaired) electrons. The van der Waals surface area contributed by atoms with Gasteiger partial charge in [0, 0.05) is 25.6 Å². The number of hydrogen-bond acceptors (Lipinski definition) is 2. The minimum Gasteiger partial charge on any atom is -0.355 e. The number of nitrogens with zero attached hydrogens (tertiary/aromatic N) is 1. The van der Waals surface area contributed by atoms with Gasteiger partial charge in [0.2, 0.25) is 11.8 Å². The zero-order valence-corrected chi connectivity index (χ0v) is 13.7. The first-order valence-corrected chi connectivity index (χ1v) is 7.92. The van der Waals surface area contributed by atoms with Crippen molar-refractivity contribution in [3.05, 3.63) is 35.4 Å². The van der Waals surface area contributed by atoms with Gasteiger partial charge in [-0.05, 0) is 38.0 Å². The van der Waals surface area contributed by atoms with Crippen molar-refractivity contribution in [1.82, 2.24) is 10.2 Å². The van der Waals surface area contributed by atoms with Crippen LogP contribution in [0.2, 0.25) is 0 Å². The van der Waals surface area contributed by atoms with E-state index in [-0.39, 0.29) is 30.2 Å². The zero-order valence-electron chi connectivity index (χ0n) is 13.7. The second kappa shape index (κ2) is 7.23. The minimum absolute atomic E-state index is 0.0205. The van der Waals surface area contributed by atoms with Gasteiger partial charge in [0.15, 0.2) is 0 Å². The molecule has 2 rings (SSSR count). The molecule has 1 aliphatic rings. The van der Waals surface area contributed by atoms with Crippen molar-refractivity contribution in [3.63, 3.8) is 0 Å². The van der Waals surface area contributed by atoms with E-state index in [0.29, 0.717) is 19.5 Å².